The van der Waals surface area contributed by atoms with E-state index in [2.05, 4.69) is 64.1 Å². The maximum Gasteiger partial charge on any atom is -0.0132 e. The first-order chi connectivity index (χ1) is 7.97. The summed E-state index contributed by atoms with van der Waals surface area (Å²) in [5.41, 5.74) is 5.15. The molecule has 0 fully saturated rings. The first-order valence-electron chi connectivity index (χ1n) is 6.00. The molecule has 0 aliphatic rings. The second-order valence-corrected chi connectivity index (χ2v) is 5.52. The van der Waals surface area contributed by atoms with Gasteiger partial charge in [0.2, 0.25) is 0 Å². The van der Waals surface area contributed by atoms with Gasteiger partial charge >= 0.3 is 0 Å². The van der Waals surface area contributed by atoms with Gasteiger partial charge in [-0.3, -0.25) is 0 Å². The van der Waals surface area contributed by atoms with Gasteiger partial charge in [0.15, 0.2) is 0 Å². The fraction of sp³-hybridized carbons (Fsp3) is 0.235. The summed E-state index contributed by atoms with van der Waals surface area (Å²) in [6, 6.07) is 17.2. The summed E-state index contributed by atoms with van der Waals surface area (Å²) in [6.45, 7) is 10.6. The Morgan fingerprint density at radius 1 is 0.706 bits per heavy atom. The van der Waals surface area contributed by atoms with Crippen LogP contribution in [0.25, 0.3) is 11.1 Å². The average molecular weight is 223 g/mol. The minimum absolute atomic E-state index is 0.218. The van der Waals surface area contributed by atoms with E-state index in [0.717, 1.165) is 5.56 Å². The molecule has 2 aromatic carbocycles. The average Bonchev–Trinajstić information content (AvgIpc) is 2.29. The molecular formula is C17H19. The van der Waals surface area contributed by atoms with Crippen LogP contribution in [0.5, 0.6) is 0 Å². The lowest BCUT2D eigenvalue weighted by molar-refractivity contribution is 0.590. The van der Waals surface area contributed by atoms with Gasteiger partial charge in [-0.15, -0.1) is 0 Å². The Labute approximate surface area is 104 Å². The number of hydrogen-bond acceptors (Lipinski definition) is 0. The molecule has 0 saturated carbocycles. The first-order valence-corrected chi connectivity index (χ1v) is 6.00. The van der Waals surface area contributed by atoms with E-state index in [0.29, 0.717) is 0 Å². The summed E-state index contributed by atoms with van der Waals surface area (Å²) in [6.07, 6.45) is 0. The Morgan fingerprint density at radius 2 is 1.12 bits per heavy atom. The van der Waals surface area contributed by atoms with Crippen molar-refractivity contribution < 1.29 is 0 Å². The summed E-state index contributed by atoms with van der Waals surface area (Å²) >= 11 is 0. The second kappa shape index (κ2) is 4.37. The van der Waals surface area contributed by atoms with E-state index in [1.54, 1.807) is 0 Å². The molecule has 0 spiro atoms. The van der Waals surface area contributed by atoms with Crippen LogP contribution in [0.4, 0.5) is 0 Å². The molecule has 0 heterocycles. The van der Waals surface area contributed by atoms with Crippen LogP contribution in [0.1, 0.15) is 31.9 Å². The summed E-state index contributed by atoms with van der Waals surface area (Å²) in [4.78, 5) is 0. The monoisotopic (exact) mass is 223 g/mol. The third-order valence-electron chi connectivity index (χ3n) is 3.04. The highest BCUT2D eigenvalue weighted by atomic mass is 14.2. The quantitative estimate of drug-likeness (QED) is 0.649. The van der Waals surface area contributed by atoms with Crippen molar-refractivity contribution in [3.63, 3.8) is 0 Å². The minimum atomic E-state index is 0.218. The molecule has 0 aromatic heterocycles. The molecule has 0 N–H and O–H groups in total. The van der Waals surface area contributed by atoms with Crippen molar-refractivity contribution in [2.24, 2.45) is 0 Å². The lowest BCUT2D eigenvalue weighted by Gasteiger charge is -2.19. The molecular weight excluding hydrogens is 204 g/mol. The van der Waals surface area contributed by atoms with E-state index in [9.17, 15) is 0 Å². The molecule has 17 heavy (non-hydrogen) atoms. The minimum Gasteiger partial charge on any atom is -0.0584 e. The van der Waals surface area contributed by atoms with Gasteiger partial charge in [0.25, 0.3) is 0 Å². The van der Waals surface area contributed by atoms with Gasteiger partial charge in [0.05, 0.1) is 0 Å². The van der Waals surface area contributed by atoms with E-state index in [-0.39, 0.29) is 5.41 Å². The molecule has 0 aliphatic carbocycles. The van der Waals surface area contributed by atoms with Gasteiger partial charge in [-0.05, 0) is 34.6 Å². The first kappa shape index (κ1) is 11.9. The Kier molecular flexibility index (Phi) is 3.06. The highest BCUT2D eigenvalue weighted by Crippen LogP contribution is 2.26. The lowest BCUT2D eigenvalue weighted by Crippen LogP contribution is -2.10. The highest BCUT2D eigenvalue weighted by Gasteiger charge is 2.12. The van der Waals surface area contributed by atoms with Crippen molar-refractivity contribution in [1.29, 1.82) is 0 Å². The molecule has 87 valence electrons. The summed E-state index contributed by atoms with van der Waals surface area (Å²) < 4.78 is 0. The zero-order valence-electron chi connectivity index (χ0n) is 10.8. The van der Waals surface area contributed by atoms with Crippen LogP contribution < -0.4 is 0 Å². The largest absolute Gasteiger partial charge is 0.0584 e. The molecule has 0 atom stereocenters. The molecule has 0 aliphatic heterocycles. The summed E-state index contributed by atoms with van der Waals surface area (Å²) in [5.74, 6) is 0. The van der Waals surface area contributed by atoms with Crippen LogP contribution in [0.15, 0.2) is 48.5 Å². The standard InChI is InChI=1S/C17H19/c1-13-5-7-14(8-6-13)15-9-11-16(12-10-15)17(2,3)4/h5-12H,1H2,2-4H3. The van der Waals surface area contributed by atoms with Crippen LogP contribution >= 0.6 is 0 Å². The van der Waals surface area contributed by atoms with Crippen molar-refractivity contribution in [2.45, 2.75) is 26.2 Å². The van der Waals surface area contributed by atoms with Crippen LogP contribution in [0.3, 0.4) is 0 Å². The molecule has 1 radical (unpaired) electrons. The normalized spacial score (nSPS) is 11.5. The predicted molar refractivity (Wildman–Crippen MR) is 75.0 cm³/mol. The smallest absolute Gasteiger partial charge is 0.0132 e. The van der Waals surface area contributed by atoms with Crippen molar-refractivity contribution >= 4 is 0 Å². The highest BCUT2D eigenvalue weighted by molar-refractivity contribution is 5.64. The van der Waals surface area contributed by atoms with Gasteiger partial charge in [0, 0.05) is 0 Å². The Hall–Kier alpha value is -1.56. The maximum absolute atomic E-state index is 3.90. The van der Waals surface area contributed by atoms with Crippen molar-refractivity contribution in [3.8, 4) is 11.1 Å². The number of hydrogen-bond donors (Lipinski definition) is 0. The molecule has 0 unspecified atom stereocenters. The number of benzene rings is 2. The van der Waals surface area contributed by atoms with Crippen molar-refractivity contribution in [2.75, 3.05) is 0 Å². The Balaban J connectivity index is 2.33. The van der Waals surface area contributed by atoms with Crippen LogP contribution in [0.2, 0.25) is 0 Å². The van der Waals surface area contributed by atoms with Gasteiger partial charge in [-0.25, -0.2) is 0 Å². The zero-order chi connectivity index (χ0) is 12.5. The third-order valence-corrected chi connectivity index (χ3v) is 3.04. The number of rotatable bonds is 1. The van der Waals surface area contributed by atoms with Gasteiger partial charge in [-0.2, -0.15) is 0 Å². The van der Waals surface area contributed by atoms with E-state index in [4.69, 9.17) is 0 Å². The topological polar surface area (TPSA) is 0 Å². The fourth-order valence-corrected chi connectivity index (χ4v) is 1.86. The van der Waals surface area contributed by atoms with Crippen molar-refractivity contribution in [1.82, 2.24) is 0 Å². The van der Waals surface area contributed by atoms with E-state index in [1.807, 2.05) is 12.1 Å². The van der Waals surface area contributed by atoms with E-state index < -0.39 is 0 Å². The molecule has 0 nitrogen and oxygen atoms in total. The third kappa shape index (κ3) is 2.76. The molecule has 0 bridgehead atoms. The van der Waals surface area contributed by atoms with Crippen LogP contribution in [-0.2, 0) is 5.41 Å². The van der Waals surface area contributed by atoms with Crippen LogP contribution in [-0.4, -0.2) is 0 Å². The maximum atomic E-state index is 3.90. The second-order valence-electron chi connectivity index (χ2n) is 5.52. The molecule has 0 heteroatoms. The van der Waals surface area contributed by atoms with Gasteiger partial charge in [-0.1, -0.05) is 69.3 Å². The SMILES string of the molecule is [CH2]c1ccc(-c2ccc(C(C)(C)C)cc2)cc1. The van der Waals surface area contributed by atoms with Gasteiger partial charge in [0.1, 0.15) is 0 Å². The van der Waals surface area contributed by atoms with E-state index in [1.165, 1.54) is 16.7 Å². The predicted octanol–water partition coefficient (Wildman–Crippen LogP) is 4.83. The molecule has 0 amide bonds. The van der Waals surface area contributed by atoms with Crippen LogP contribution in [0, 0.1) is 6.92 Å². The molecule has 2 rings (SSSR count). The lowest BCUT2D eigenvalue weighted by atomic mass is 9.86. The Morgan fingerprint density at radius 3 is 1.53 bits per heavy atom. The summed E-state index contributed by atoms with van der Waals surface area (Å²) in [5, 5.41) is 0. The van der Waals surface area contributed by atoms with E-state index >= 15 is 0 Å². The summed E-state index contributed by atoms with van der Waals surface area (Å²) in [7, 11) is 0. The zero-order valence-corrected chi connectivity index (χ0v) is 10.8. The molecule has 0 saturated heterocycles. The van der Waals surface area contributed by atoms with Crippen molar-refractivity contribution in [3.05, 3.63) is 66.6 Å². The Bertz CT molecular complexity index is 481. The fourth-order valence-electron chi connectivity index (χ4n) is 1.86. The molecule has 2 aromatic rings. The van der Waals surface area contributed by atoms with Gasteiger partial charge < -0.3 is 0 Å².